The van der Waals surface area contributed by atoms with Gasteiger partial charge in [0.05, 0.1) is 30.7 Å². The van der Waals surface area contributed by atoms with Crippen LogP contribution in [-0.2, 0) is 22.5 Å². The van der Waals surface area contributed by atoms with Crippen molar-refractivity contribution in [2.45, 2.75) is 23.1 Å². The lowest BCUT2D eigenvalue weighted by molar-refractivity contribution is -0.120. The van der Waals surface area contributed by atoms with E-state index < -0.39 is 0 Å². The maximum Gasteiger partial charge on any atom is 0.234 e. The first-order valence-corrected chi connectivity index (χ1v) is 9.33. The molecule has 0 aliphatic carbocycles. The second-order valence-corrected chi connectivity index (χ2v) is 7.35. The molecule has 4 rings (SSSR count). The number of ether oxygens (including phenoxy) is 1. The van der Waals surface area contributed by atoms with Gasteiger partial charge in [-0.3, -0.25) is 4.79 Å². The number of fused-ring (bicyclic) bond motifs is 1. The van der Waals surface area contributed by atoms with Crippen molar-refractivity contribution in [3.63, 3.8) is 0 Å². The molecule has 0 unspecified atom stereocenters. The molecule has 1 aromatic carbocycles. The van der Waals surface area contributed by atoms with Crippen molar-refractivity contribution in [1.29, 1.82) is 0 Å². The zero-order valence-electron chi connectivity index (χ0n) is 13.9. The molecule has 25 heavy (non-hydrogen) atoms. The molecule has 0 bridgehead atoms. The number of benzene rings is 1. The summed E-state index contributed by atoms with van der Waals surface area (Å²) in [5, 5.41) is 2.96. The van der Waals surface area contributed by atoms with E-state index in [1.54, 1.807) is 18.1 Å². The minimum Gasteiger partial charge on any atom is -0.378 e. The number of nitrogens with one attached hydrogen (secondary N) is 1. The van der Waals surface area contributed by atoms with Gasteiger partial charge in [0.1, 0.15) is 12.1 Å². The lowest BCUT2D eigenvalue weighted by atomic mass is 10.1. The van der Waals surface area contributed by atoms with Crippen molar-refractivity contribution in [3.05, 3.63) is 47.9 Å². The molecule has 130 valence electrons. The van der Waals surface area contributed by atoms with Crippen LogP contribution >= 0.6 is 11.8 Å². The van der Waals surface area contributed by atoms with Gasteiger partial charge in [-0.2, -0.15) is 0 Å². The molecule has 1 saturated heterocycles. The SMILES string of the molecule is O=C(NCc1cc(N2CCOCC2)ncn1)[C@H]1Cc2ccccc2S1. The average Bonchev–Trinajstić information content (AvgIpc) is 3.11. The van der Waals surface area contributed by atoms with E-state index in [-0.39, 0.29) is 11.2 Å². The van der Waals surface area contributed by atoms with Gasteiger partial charge in [0.15, 0.2) is 0 Å². The van der Waals surface area contributed by atoms with E-state index >= 15 is 0 Å². The minimum atomic E-state index is -0.0575. The Morgan fingerprint density at radius 2 is 2.12 bits per heavy atom. The van der Waals surface area contributed by atoms with Crippen LogP contribution in [0.5, 0.6) is 0 Å². The molecule has 2 aliphatic heterocycles. The maximum absolute atomic E-state index is 12.5. The first-order valence-electron chi connectivity index (χ1n) is 8.45. The summed E-state index contributed by atoms with van der Waals surface area (Å²) in [4.78, 5) is 24.5. The third-order valence-electron chi connectivity index (χ3n) is 4.43. The Hall–Kier alpha value is -2.12. The number of carbonyl (C=O) groups is 1. The number of aromatic nitrogens is 2. The van der Waals surface area contributed by atoms with Crippen LogP contribution in [0.2, 0.25) is 0 Å². The number of anilines is 1. The zero-order chi connectivity index (χ0) is 17.1. The highest BCUT2D eigenvalue weighted by Gasteiger charge is 2.27. The standard InChI is InChI=1S/C18H20N4O2S/c23-18(16-9-13-3-1-2-4-15(13)25-16)19-11-14-10-17(21-12-20-14)22-5-7-24-8-6-22/h1-4,10,12,16H,5-9,11H2,(H,19,23)/t16-/m1/s1. The molecular formula is C18H20N4O2S. The summed E-state index contributed by atoms with van der Waals surface area (Å²) in [7, 11) is 0. The fourth-order valence-corrected chi connectivity index (χ4v) is 4.29. The molecule has 1 fully saturated rings. The topological polar surface area (TPSA) is 67.4 Å². The number of amides is 1. The Labute approximate surface area is 151 Å². The predicted molar refractivity (Wildman–Crippen MR) is 96.7 cm³/mol. The van der Waals surface area contributed by atoms with Gasteiger partial charge in [0, 0.05) is 24.1 Å². The van der Waals surface area contributed by atoms with Crippen LogP contribution in [0.3, 0.4) is 0 Å². The summed E-state index contributed by atoms with van der Waals surface area (Å²) in [6, 6.07) is 10.1. The Kier molecular flexibility index (Phi) is 4.85. The molecule has 3 heterocycles. The van der Waals surface area contributed by atoms with E-state index in [1.165, 1.54) is 10.5 Å². The van der Waals surface area contributed by atoms with Crippen molar-refractivity contribution in [2.24, 2.45) is 0 Å². The van der Waals surface area contributed by atoms with Gasteiger partial charge in [0.25, 0.3) is 0 Å². The van der Waals surface area contributed by atoms with Crippen LogP contribution in [0.1, 0.15) is 11.3 Å². The predicted octanol–water partition coefficient (Wildman–Crippen LogP) is 1.65. The molecule has 0 spiro atoms. The monoisotopic (exact) mass is 356 g/mol. The van der Waals surface area contributed by atoms with Crippen LogP contribution in [0.25, 0.3) is 0 Å². The number of morpholine rings is 1. The van der Waals surface area contributed by atoms with Crippen molar-refractivity contribution in [2.75, 3.05) is 31.2 Å². The Bertz CT molecular complexity index is 739. The summed E-state index contributed by atoms with van der Waals surface area (Å²) in [6.07, 6.45) is 2.35. The summed E-state index contributed by atoms with van der Waals surface area (Å²) >= 11 is 1.64. The lowest BCUT2D eigenvalue weighted by Gasteiger charge is -2.27. The molecule has 2 aromatic rings. The highest BCUT2D eigenvalue weighted by atomic mass is 32.2. The van der Waals surface area contributed by atoms with Gasteiger partial charge in [-0.05, 0) is 18.1 Å². The third kappa shape index (κ3) is 3.77. The molecule has 0 radical (unpaired) electrons. The summed E-state index contributed by atoms with van der Waals surface area (Å²) in [5.74, 6) is 0.956. The van der Waals surface area contributed by atoms with Crippen molar-refractivity contribution in [3.8, 4) is 0 Å². The van der Waals surface area contributed by atoms with E-state index in [0.717, 1.165) is 44.2 Å². The molecule has 7 heteroatoms. The maximum atomic E-state index is 12.5. The van der Waals surface area contributed by atoms with Crippen molar-refractivity contribution in [1.82, 2.24) is 15.3 Å². The van der Waals surface area contributed by atoms with Crippen LogP contribution < -0.4 is 10.2 Å². The molecule has 1 amide bonds. The van der Waals surface area contributed by atoms with Gasteiger partial charge in [-0.1, -0.05) is 18.2 Å². The molecule has 6 nitrogen and oxygen atoms in total. The number of hydrogen-bond acceptors (Lipinski definition) is 6. The van der Waals surface area contributed by atoms with Gasteiger partial charge in [-0.15, -0.1) is 11.8 Å². The van der Waals surface area contributed by atoms with E-state index in [0.29, 0.717) is 6.54 Å². The Morgan fingerprint density at radius 3 is 2.96 bits per heavy atom. The first kappa shape index (κ1) is 16.4. The number of rotatable bonds is 4. The van der Waals surface area contributed by atoms with Crippen molar-refractivity contribution >= 4 is 23.5 Å². The van der Waals surface area contributed by atoms with Gasteiger partial charge < -0.3 is 15.0 Å². The fraction of sp³-hybridized carbons (Fsp3) is 0.389. The number of thioether (sulfide) groups is 1. The highest BCUT2D eigenvalue weighted by Crippen LogP contribution is 2.36. The van der Waals surface area contributed by atoms with Crippen LogP contribution in [0, 0.1) is 0 Å². The van der Waals surface area contributed by atoms with Gasteiger partial charge in [-0.25, -0.2) is 9.97 Å². The third-order valence-corrected chi connectivity index (χ3v) is 5.75. The van der Waals surface area contributed by atoms with Crippen LogP contribution in [-0.4, -0.2) is 47.4 Å². The highest BCUT2D eigenvalue weighted by molar-refractivity contribution is 8.01. The van der Waals surface area contributed by atoms with Gasteiger partial charge >= 0.3 is 0 Å². The zero-order valence-corrected chi connectivity index (χ0v) is 14.7. The molecule has 0 saturated carbocycles. The average molecular weight is 356 g/mol. The van der Waals surface area contributed by atoms with E-state index in [4.69, 9.17) is 4.74 Å². The second-order valence-electron chi connectivity index (χ2n) is 6.10. The quantitative estimate of drug-likeness (QED) is 0.898. The smallest absolute Gasteiger partial charge is 0.234 e. The number of carbonyl (C=O) groups excluding carboxylic acids is 1. The number of nitrogens with zero attached hydrogens (tertiary/aromatic N) is 3. The number of hydrogen-bond donors (Lipinski definition) is 1. The van der Waals surface area contributed by atoms with Crippen LogP contribution in [0.15, 0.2) is 41.6 Å². The van der Waals surface area contributed by atoms with E-state index in [2.05, 4.69) is 32.3 Å². The second kappa shape index (κ2) is 7.41. The van der Waals surface area contributed by atoms with E-state index in [1.807, 2.05) is 18.2 Å². The molecule has 1 aromatic heterocycles. The first-order chi connectivity index (χ1) is 12.3. The Balaban J connectivity index is 1.35. The molecule has 1 N–H and O–H groups in total. The summed E-state index contributed by atoms with van der Waals surface area (Å²) in [5.41, 5.74) is 2.08. The molecule has 1 atom stereocenters. The largest absolute Gasteiger partial charge is 0.378 e. The van der Waals surface area contributed by atoms with Crippen molar-refractivity contribution < 1.29 is 9.53 Å². The normalized spacial score (nSPS) is 19.5. The van der Waals surface area contributed by atoms with E-state index in [9.17, 15) is 4.79 Å². The van der Waals surface area contributed by atoms with Crippen LogP contribution in [0.4, 0.5) is 5.82 Å². The fourth-order valence-electron chi connectivity index (χ4n) is 3.07. The minimum absolute atomic E-state index is 0.0575. The molecule has 2 aliphatic rings. The lowest BCUT2D eigenvalue weighted by Crippen LogP contribution is -2.37. The van der Waals surface area contributed by atoms with Gasteiger partial charge in [0.2, 0.25) is 5.91 Å². The Morgan fingerprint density at radius 1 is 1.28 bits per heavy atom. The summed E-state index contributed by atoms with van der Waals surface area (Å²) in [6.45, 7) is 3.52. The molecular weight excluding hydrogens is 336 g/mol. The summed E-state index contributed by atoms with van der Waals surface area (Å²) < 4.78 is 5.37.